The Morgan fingerprint density at radius 2 is 2.40 bits per heavy atom. The molecule has 4 nitrogen and oxygen atoms in total. The van der Waals surface area contributed by atoms with Crippen LogP contribution in [0.1, 0.15) is 19.8 Å². The maximum Gasteiger partial charge on any atom is 0.246 e. The van der Waals surface area contributed by atoms with E-state index in [0.29, 0.717) is 19.1 Å². The van der Waals surface area contributed by atoms with Gasteiger partial charge in [0, 0.05) is 6.54 Å². The second-order valence-corrected chi connectivity index (χ2v) is 4.25. The smallest absolute Gasteiger partial charge is 0.246 e. The highest BCUT2D eigenvalue weighted by molar-refractivity contribution is 5.78. The standard InChI is InChI=1S/C11H20N2O2/c1-3-6-15-7-10(14)13-11(2,8-12)9-4-5-9/h3,9H,1,4-8,12H2,2H3,(H,13,14). The van der Waals surface area contributed by atoms with Gasteiger partial charge in [-0.25, -0.2) is 0 Å². The second-order valence-electron chi connectivity index (χ2n) is 4.25. The normalized spacial score (nSPS) is 19.3. The third-order valence-electron chi connectivity index (χ3n) is 2.80. The van der Waals surface area contributed by atoms with Crippen molar-refractivity contribution >= 4 is 5.91 Å². The Labute approximate surface area is 90.9 Å². The van der Waals surface area contributed by atoms with Gasteiger partial charge in [0.2, 0.25) is 5.91 Å². The van der Waals surface area contributed by atoms with Crippen molar-refractivity contribution in [3.8, 4) is 0 Å². The summed E-state index contributed by atoms with van der Waals surface area (Å²) in [6.45, 7) is 6.46. The quantitative estimate of drug-likeness (QED) is 0.475. The van der Waals surface area contributed by atoms with Crippen molar-refractivity contribution in [1.82, 2.24) is 5.32 Å². The molecule has 86 valence electrons. The Kier molecular flexibility index (Phi) is 4.29. The van der Waals surface area contributed by atoms with E-state index in [1.165, 1.54) is 0 Å². The highest BCUT2D eigenvalue weighted by Gasteiger charge is 2.41. The number of hydrogen-bond donors (Lipinski definition) is 2. The molecule has 0 aliphatic heterocycles. The average molecular weight is 212 g/mol. The topological polar surface area (TPSA) is 64.3 Å². The lowest BCUT2D eigenvalue weighted by atomic mass is 9.96. The van der Waals surface area contributed by atoms with Crippen molar-refractivity contribution in [1.29, 1.82) is 0 Å². The van der Waals surface area contributed by atoms with E-state index in [1.54, 1.807) is 6.08 Å². The number of hydrogen-bond acceptors (Lipinski definition) is 3. The zero-order chi connectivity index (χ0) is 11.3. The third-order valence-corrected chi connectivity index (χ3v) is 2.80. The van der Waals surface area contributed by atoms with Crippen LogP contribution in [0.4, 0.5) is 0 Å². The number of carbonyl (C=O) groups is 1. The molecule has 1 saturated carbocycles. The van der Waals surface area contributed by atoms with Gasteiger partial charge < -0.3 is 15.8 Å². The van der Waals surface area contributed by atoms with Crippen LogP contribution in [0, 0.1) is 5.92 Å². The summed E-state index contributed by atoms with van der Waals surface area (Å²) in [6, 6.07) is 0. The summed E-state index contributed by atoms with van der Waals surface area (Å²) in [7, 11) is 0. The van der Waals surface area contributed by atoms with E-state index in [0.717, 1.165) is 12.8 Å². The fraction of sp³-hybridized carbons (Fsp3) is 0.727. The number of nitrogens with two attached hydrogens (primary N) is 1. The molecule has 0 radical (unpaired) electrons. The van der Waals surface area contributed by atoms with E-state index in [-0.39, 0.29) is 18.1 Å². The number of rotatable bonds is 7. The molecule has 0 heterocycles. The molecule has 1 fully saturated rings. The van der Waals surface area contributed by atoms with Crippen LogP contribution in [0.15, 0.2) is 12.7 Å². The van der Waals surface area contributed by atoms with Crippen LogP contribution in [0.2, 0.25) is 0 Å². The maximum absolute atomic E-state index is 11.5. The van der Waals surface area contributed by atoms with Crippen molar-refractivity contribution in [2.75, 3.05) is 19.8 Å². The van der Waals surface area contributed by atoms with Gasteiger partial charge in [-0.2, -0.15) is 0 Å². The summed E-state index contributed by atoms with van der Waals surface area (Å²) in [5, 5.41) is 2.94. The molecule has 1 unspecified atom stereocenters. The minimum Gasteiger partial charge on any atom is -0.368 e. The third kappa shape index (κ3) is 3.64. The van der Waals surface area contributed by atoms with Gasteiger partial charge in [-0.05, 0) is 25.7 Å². The van der Waals surface area contributed by atoms with Gasteiger partial charge in [0.1, 0.15) is 6.61 Å². The predicted octanol–water partition coefficient (Wildman–Crippen LogP) is 0.433. The molecular weight excluding hydrogens is 192 g/mol. The Morgan fingerprint density at radius 1 is 1.73 bits per heavy atom. The Bertz CT molecular complexity index is 239. The van der Waals surface area contributed by atoms with E-state index in [2.05, 4.69) is 11.9 Å². The van der Waals surface area contributed by atoms with Crippen LogP contribution in [-0.4, -0.2) is 31.2 Å². The fourth-order valence-corrected chi connectivity index (χ4v) is 1.63. The molecule has 0 spiro atoms. The van der Waals surface area contributed by atoms with Crippen LogP contribution in [-0.2, 0) is 9.53 Å². The van der Waals surface area contributed by atoms with Gasteiger partial charge in [0.05, 0.1) is 12.1 Å². The number of carbonyl (C=O) groups excluding carboxylic acids is 1. The average Bonchev–Trinajstić information content (AvgIpc) is 3.01. The van der Waals surface area contributed by atoms with E-state index in [4.69, 9.17) is 10.5 Å². The summed E-state index contributed by atoms with van der Waals surface area (Å²) in [5.41, 5.74) is 5.42. The van der Waals surface area contributed by atoms with Crippen molar-refractivity contribution in [3.05, 3.63) is 12.7 Å². The zero-order valence-corrected chi connectivity index (χ0v) is 9.29. The Balaban J connectivity index is 2.31. The van der Waals surface area contributed by atoms with Crippen LogP contribution >= 0.6 is 0 Å². The minimum atomic E-state index is -0.255. The van der Waals surface area contributed by atoms with Gasteiger partial charge in [0.25, 0.3) is 0 Å². The molecule has 0 aromatic heterocycles. The Hall–Kier alpha value is -0.870. The molecule has 0 saturated heterocycles. The molecule has 1 rings (SSSR count). The van der Waals surface area contributed by atoms with E-state index in [9.17, 15) is 4.79 Å². The van der Waals surface area contributed by atoms with Gasteiger partial charge in [0.15, 0.2) is 0 Å². The SMILES string of the molecule is C=CCOCC(=O)NC(C)(CN)C1CC1. The molecule has 1 aliphatic rings. The molecule has 0 bridgehead atoms. The first kappa shape index (κ1) is 12.2. The summed E-state index contributed by atoms with van der Waals surface area (Å²) in [5.74, 6) is 0.433. The fourth-order valence-electron chi connectivity index (χ4n) is 1.63. The highest BCUT2D eigenvalue weighted by atomic mass is 16.5. The van der Waals surface area contributed by atoms with Crippen LogP contribution in [0.3, 0.4) is 0 Å². The first-order chi connectivity index (χ1) is 7.12. The van der Waals surface area contributed by atoms with E-state index in [1.807, 2.05) is 6.92 Å². The zero-order valence-electron chi connectivity index (χ0n) is 9.29. The number of nitrogens with one attached hydrogen (secondary N) is 1. The molecule has 4 heteroatoms. The van der Waals surface area contributed by atoms with Crippen molar-refractivity contribution in [3.63, 3.8) is 0 Å². The lowest BCUT2D eigenvalue weighted by Crippen LogP contribution is -2.54. The molecule has 3 N–H and O–H groups in total. The molecular formula is C11H20N2O2. The molecule has 0 aromatic rings. The molecule has 1 atom stereocenters. The minimum absolute atomic E-state index is 0.0777. The first-order valence-electron chi connectivity index (χ1n) is 5.32. The molecule has 1 amide bonds. The summed E-state index contributed by atoms with van der Waals surface area (Å²) >= 11 is 0. The molecule has 15 heavy (non-hydrogen) atoms. The molecule has 0 aromatic carbocycles. The van der Waals surface area contributed by atoms with Gasteiger partial charge >= 0.3 is 0 Å². The van der Waals surface area contributed by atoms with E-state index < -0.39 is 0 Å². The van der Waals surface area contributed by atoms with Crippen LogP contribution in [0.5, 0.6) is 0 Å². The van der Waals surface area contributed by atoms with Gasteiger partial charge in [-0.3, -0.25) is 4.79 Å². The first-order valence-corrected chi connectivity index (χ1v) is 5.32. The summed E-state index contributed by atoms with van der Waals surface area (Å²) < 4.78 is 5.06. The van der Waals surface area contributed by atoms with E-state index >= 15 is 0 Å². The monoisotopic (exact) mass is 212 g/mol. The lowest BCUT2D eigenvalue weighted by Gasteiger charge is -2.29. The molecule has 1 aliphatic carbocycles. The number of amides is 1. The second kappa shape index (κ2) is 5.28. The Morgan fingerprint density at radius 3 is 2.87 bits per heavy atom. The highest BCUT2D eigenvalue weighted by Crippen LogP contribution is 2.38. The largest absolute Gasteiger partial charge is 0.368 e. The number of ether oxygens (including phenoxy) is 1. The maximum atomic E-state index is 11.5. The van der Waals surface area contributed by atoms with Crippen LogP contribution in [0.25, 0.3) is 0 Å². The van der Waals surface area contributed by atoms with Crippen molar-refractivity contribution in [2.45, 2.75) is 25.3 Å². The summed E-state index contributed by atoms with van der Waals surface area (Å²) in [4.78, 5) is 11.5. The van der Waals surface area contributed by atoms with Gasteiger partial charge in [-0.15, -0.1) is 6.58 Å². The van der Waals surface area contributed by atoms with Gasteiger partial charge in [-0.1, -0.05) is 6.08 Å². The predicted molar refractivity (Wildman–Crippen MR) is 59.3 cm³/mol. The van der Waals surface area contributed by atoms with Crippen LogP contribution < -0.4 is 11.1 Å². The van der Waals surface area contributed by atoms with Crippen molar-refractivity contribution < 1.29 is 9.53 Å². The summed E-state index contributed by atoms with van der Waals surface area (Å²) in [6.07, 6.45) is 3.93. The lowest BCUT2D eigenvalue weighted by molar-refractivity contribution is -0.127. The van der Waals surface area contributed by atoms with Crippen molar-refractivity contribution in [2.24, 2.45) is 11.7 Å².